The average molecular weight is 466 g/mol. The molecule has 9 heteroatoms. The number of ketones is 1. The molecule has 2 aliphatic rings. The van der Waals surface area contributed by atoms with Gasteiger partial charge in [-0.25, -0.2) is 8.42 Å². The van der Waals surface area contributed by atoms with Crippen LogP contribution in [-0.2, 0) is 24.2 Å². The predicted octanol–water partition coefficient (Wildman–Crippen LogP) is 2.55. The molecule has 1 saturated carbocycles. The first-order valence-electron chi connectivity index (χ1n) is 11.2. The molecule has 1 aromatic rings. The first-order chi connectivity index (χ1) is 15.2. The number of hydrogen-bond acceptors (Lipinski definition) is 7. The molecule has 0 aromatic heterocycles. The van der Waals surface area contributed by atoms with Crippen LogP contribution in [0, 0.1) is 0 Å². The van der Waals surface area contributed by atoms with Crippen LogP contribution in [0.2, 0.25) is 0 Å². The summed E-state index contributed by atoms with van der Waals surface area (Å²) in [6, 6.07) is 6.28. The van der Waals surface area contributed by atoms with E-state index < -0.39 is 15.8 Å². The normalized spacial score (nSPS) is 20.5. The zero-order valence-electron chi connectivity index (χ0n) is 18.5. The molecule has 0 radical (unpaired) electrons. The minimum absolute atomic E-state index is 0.00885. The second-order valence-electron chi connectivity index (χ2n) is 8.49. The summed E-state index contributed by atoms with van der Waals surface area (Å²) in [4.78, 5) is 38.0. The highest BCUT2D eigenvalue weighted by atomic mass is 32.2. The monoisotopic (exact) mass is 465 g/mol. The highest BCUT2D eigenvalue weighted by molar-refractivity contribution is 7.91. The molecule has 1 aliphatic heterocycles. The highest BCUT2D eigenvalue weighted by Gasteiger charge is 2.38. The molecule has 1 aliphatic carbocycles. The van der Waals surface area contributed by atoms with Crippen LogP contribution in [0.3, 0.4) is 0 Å². The first kappa shape index (κ1) is 24.2. The molecule has 176 valence electrons. The third-order valence-electron chi connectivity index (χ3n) is 6.05. The predicted molar refractivity (Wildman–Crippen MR) is 118 cm³/mol. The molecule has 8 nitrogen and oxygen atoms in total. The summed E-state index contributed by atoms with van der Waals surface area (Å²) in [6.07, 6.45) is 5.27. The van der Waals surface area contributed by atoms with Crippen LogP contribution in [0.4, 0.5) is 0 Å². The van der Waals surface area contributed by atoms with Gasteiger partial charge in [-0.2, -0.15) is 0 Å². The smallest absolute Gasteiger partial charge is 0.309 e. The SMILES string of the molecule is CC(=O)c1ccc(OCCC(=O)OCC(=O)N(C2CCCCC2)C2CCS(=O)(=O)C2)cc1. The van der Waals surface area contributed by atoms with E-state index in [4.69, 9.17) is 9.47 Å². The van der Waals surface area contributed by atoms with Crippen molar-refractivity contribution in [1.82, 2.24) is 4.90 Å². The fourth-order valence-electron chi connectivity index (χ4n) is 4.39. The van der Waals surface area contributed by atoms with Crippen molar-refractivity contribution in [1.29, 1.82) is 0 Å². The maximum Gasteiger partial charge on any atom is 0.309 e. The zero-order chi connectivity index (χ0) is 23.1. The van der Waals surface area contributed by atoms with Gasteiger partial charge in [-0.15, -0.1) is 0 Å². The van der Waals surface area contributed by atoms with E-state index in [2.05, 4.69) is 0 Å². The first-order valence-corrected chi connectivity index (χ1v) is 13.0. The van der Waals surface area contributed by atoms with Crippen molar-refractivity contribution in [3.63, 3.8) is 0 Å². The van der Waals surface area contributed by atoms with E-state index in [1.54, 1.807) is 29.2 Å². The number of nitrogens with zero attached hydrogens (tertiary/aromatic N) is 1. The lowest BCUT2D eigenvalue weighted by atomic mass is 9.93. The van der Waals surface area contributed by atoms with Gasteiger partial charge in [0.15, 0.2) is 22.2 Å². The van der Waals surface area contributed by atoms with Gasteiger partial charge >= 0.3 is 5.97 Å². The van der Waals surface area contributed by atoms with Crippen molar-refractivity contribution in [2.24, 2.45) is 0 Å². The number of rotatable bonds is 9. The van der Waals surface area contributed by atoms with Gasteiger partial charge in [0.1, 0.15) is 5.75 Å². The highest BCUT2D eigenvalue weighted by Crippen LogP contribution is 2.28. The van der Waals surface area contributed by atoms with Gasteiger partial charge in [0, 0.05) is 17.6 Å². The Labute approximate surface area is 189 Å². The van der Waals surface area contributed by atoms with Crippen LogP contribution >= 0.6 is 0 Å². The number of ether oxygens (including phenoxy) is 2. The molecule has 0 bridgehead atoms. The fraction of sp³-hybridized carbons (Fsp3) is 0.609. The molecular weight excluding hydrogens is 434 g/mol. The summed E-state index contributed by atoms with van der Waals surface area (Å²) >= 11 is 0. The minimum Gasteiger partial charge on any atom is -0.493 e. The summed E-state index contributed by atoms with van der Waals surface area (Å²) in [5.74, 6) is -0.306. The number of carbonyl (C=O) groups is 3. The largest absolute Gasteiger partial charge is 0.493 e. The Kier molecular flexibility index (Phi) is 8.28. The third-order valence-corrected chi connectivity index (χ3v) is 7.80. The quantitative estimate of drug-likeness (QED) is 0.407. The van der Waals surface area contributed by atoms with Crippen molar-refractivity contribution >= 4 is 27.5 Å². The second-order valence-corrected chi connectivity index (χ2v) is 10.7. The van der Waals surface area contributed by atoms with Crippen LogP contribution in [-0.4, -0.2) is 67.8 Å². The van der Waals surface area contributed by atoms with E-state index in [0.29, 0.717) is 17.7 Å². The molecular formula is C23H31NO7S. The molecule has 1 aromatic carbocycles. The number of amides is 1. The van der Waals surface area contributed by atoms with E-state index in [9.17, 15) is 22.8 Å². The average Bonchev–Trinajstić information content (AvgIpc) is 3.12. The molecule has 32 heavy (non-hydrogen) atoms. The molecule has 0 spiro atoms. The lowest BCUT2D eigenvalue weighted by Gasteiger charge is -2.38. The van der Waals surface area contributed by atoms with Crippen molar-refractivity contribution in [3.05, 3.63) is 29.8 Å². The maximum atomic E-state index is 12.9. The van der Waals surface area contributed by atoms with E-state index in [-0.39, 0.29) is 54.9 Å². The van der Waals surface area contributed by atoms with Crippen LogP contribution < -0.4 is 4.74 Å². The molecule has 1 amide bonds. The Hall–Kier alpha value is -2.42. The number of hydrogen-bond donors (Lipinski definition) is 0. The summed E-state index contributed by atoms with van der Waals surface area (Å²) in [6.45, 7) is 1.17. The summed E-state index contributed by atoms with van der Waals surface area (Å²) in [5, 5.41) is 0. The standard InChI is InChI=1S/C23H31NO7S/c1-17(25)18-7-9-21(10-8-18)30-13-11-23(27)31-15-22(26)24(19-5-3-2-4-6-19)20-12-14-32(28,29)16-20/h7-10,19-20H,2-6,11-16H2,1H3. The molecule has 1 atom stereocenters. The Bertz CT molecular complexity index is 920. The minimum atomic E-state index is -3.13. The maximum absolute atomic E-state index is 12.9. The summed E-state index contributed by atoms with van der Waals surface area (Å²) < 4.78 is 34.6. The van der Waals surface area contributed by atoms with Gasteiger partial charge in [-0.1, -0.05) is 19.3 Å². The Morgan fingerprint density at radius 1 is 1.00 bits per heavy atom. The Balaban J connectivity index is 1.48. The molecule has 1 unspecified atom stereocenters. The van der Waals surface area contributed by atoms with Gasteiger partial charge < -0.3 is 14.4 Å². The number of sulfone groups is 1. The number of benzene rings is 1. The van der Waals surface area contributed by atoms with E-state index in [0.717, 1.165) is 32.1 Å². The van der Waals surface area contributed by atoms with Gasteiger partial charge in [-0.05, 0) is 50.5 Å². The summed E-state index contributed by atoms with van der Waals surface area (Å²) in [7, 11) is -3.13. The van der Waals surface area contributed by atoms with Gasteiger partial charge in [0.05, 0.1) is 24.5 Å². The Morgan fingerprint density at radius 2 is 1.69 bits per heavy atom. The second kappa shape index (κ2) is 10.9. The zero-order valence-corrected chi connectivity index (χ0v) is 19.3. The number of carbonyl (C=O) groups excluding carboxylic acids is 3. The van der Waals surface area contributed by atoms with Crippen molar-refractivity contribution < 1.29 is 32.3 Å². The van der Waals surface area contributed by atoms with Crippen molar-refractivity contribution in [2.45, 2.75) is 64.0 Å². The number of esters is 1. The molecule has 1 saturated heterocycles. The van der Waals surface area contributed by atoms with Crippen LogP contribution in [0.15, 0.2) is 24.3 Å². The van der Waals surface area contributed by atoms with Crippen LogP contribution in [0.5, 0.6) is 5.75 Å². The Morgan fingerprint density at radius 3 is 2.28 bits per heavy atom. The van der Waals surface area contributed by atoms with E-state index in [1.807, 2.05) is 0 Å². The van der Waals surface area contributed by atoms with Crippen LogP contribution in [0.25, 0.3) is 0 Å². The summed E-state index contributed by atoms with van der Waals surface area (Å²) in [5.41, 5.74) is 0.577. The molecule has 1 heterocycles. The van der Waals surface area contributed by atoms with Crippen molar-refractivity contribution in [3.8, 4) is 5.75 Å². The van der Waals surface area contributed by atoms with Gasteiger partial charge in [0.25, 0.3) is 5.91 Å². The lowest BCUT2D eigenvalue weighted by molar-refractivity contribution is -0.154. The van der Waals surface area contributed by atoms with Gasteiger partial charge in [0.2, 0.25) is 0 Å². The van der Waals surface area contributed by atoms with Gasteiger partial charge in [-0.3, -0.25) is 14.4 Å². The fourth-order valence-corrected chi connectivity index (χ4v) is 6.10. The third kappa shape index (κ3) is 6.79. The van der Waals surface area contributed by atoms with Crippen LogP contribution in [0.1, 0.15) is 62.2 Å². The van der Waals surface area contributed by atoms with Crippen molar-refractivity contribution in [2.75, 3.05) is 24.7 Å². The number of Topliss-reactive ketones (excluding diaryl/α,β-unsaturated/α-hetero) is 1. The molecule has 3 rings (SSSR count). The molecule has 2 fully saturated rings. The lowest BCUT2D eigenvalue weighted by Crippen LogP contribution is -2.50. The molecule has 0 N–H and O–H groups in total. The van der Waals surface area contributed by atoms with E-state index >= 15 is 0 Å². The van der Waals surface area contributed by atoms with E-state index in [1.165, 1.54) is 6.92 Å². The topological polar surface area (TPSA) is 107 Å².